The maximum absolute atomic E-state index is 9.55. The minimum absolute atomic E-state index is 0.558. The highest BCUT2D eigenvalue weighted by atomic mass is 16.5. The largest absolute Gasteiger partial charge is 0.497 e. The lowest BCUT2D eigenvalue weighted by Gasteiger charge is -2.13. The molecule has 0 fully saturated rings. The third-order valence-corrected chi connectivity index (χ3v) is 4.30. The number of rotatable bonds is 6. The monoisotopic (exact) mass is 399 g/mol. The number of aryl methyl sites for hydroxylation is 1. The second-order valence-electron chi connectivity index (χ2n) is 6.64. The summed E-state index contributed by atoms with van der Waals surface area (Å²) in [5.74, 6) is -1.62. The number of carboxylic acids is 2. The van der Waals surface area contributed by atoms with Gasteiger partial charge in [-0.05, 0) is 39.2 Å². The standard InChI is InChI=1S/C17H21N3O.C4H4O4/c1-12-17-15(7-8-18-12)14-6-5-13(21-4)11-16(14)20(17)10-9-19(2)3;5-3(6)1-2-4(7)8/h5-8,11H,9-10H2,1-4H3;1-2H,(H,5,6)(H,7,8)/b;2-1+. The van der Waals surface area contributed by atoms with E-state index in [1.54, 1.807) is 7.11 Å². The van der Waals surface area contributed by atoms with Crippen molar-refractivity contribution >= 4 is 33.7 Å². The fraction of sp³-hybridized carbons (Fsp3) is 0.286. The maximum Gasteiger partial charge on any atom is 0.328 e. The van der Waals surface area contributed by atoms with Crippen molar-refractivity contribution in [1.82, 2.24) is 14.5 Å². The number of ether oxygens (including phenoxy) is 1. The highest BCUT2D eigenvalue weighted by Crippen LogP contribution is 2.32. The number of methoxy groups -OCH3 is 1. The zero-order chi connectivity index (χ0) is 21.6. The zero-order valence-electron chi connectivity index (χ0n) is 16.9. The van der Waals surface area contributed by atoms with Crippen LogP contribution in [0.1, 0.15) is 5.69 Å². The molecule has 2 N–H and O–H groups in total. The second-order valence-corrected chi connectivity index (χ2v) is 6.64. The van der Waals surface area contributed by atoms with Crippen LogP contribution in [0.2, 0.25) is 0 Å². The number of hydrogen-bond acceptors (Lipinski definition) is 5. The van der Waals surface area contributed by atoms with Crippen molar-refractivity contribution in [2.75, 3.05) is 27.7 Å². The number of hydrogen-bond donors (Lipinski definition) is 2. The predicted octanol–water partition coefficient (Wildman–Crippen LogP) is 2.78. The van der Waals surface area contributed by atoms with Crippen molar-refractivity contribution in [1.29, 1.82) is 0 Å². The molecule has 2 aromatic heterocycles. The van der Waals surface area contributed by atoms with E-state index in [0.717, 1.165) is 24.5 Å². The summed E-state index contributed by atoms with van der Waals surface area (Å²) in [6.45, 7) is 4.00. The summed E-state index contributed by atoms with van der Waals surface area (Å²) in [4.78, 5) is 25.8. The molecule has 3 rings (SSSR count). The van der Waals surface area contributed by atoms with E-state index in [1.165, 1.54) is 21.8 Å². The molecule has 0 saturated heterocycles. The smallest absolute Gasteiger partial charge is 0.328 e. The number of pyridine rings is 1. The van der Waals surface area contributed by atoms with E-state index in [2.05, 4.69) is 53.7 Å². The van der Waals surface area contributed by atoms with Gasteiger partial charge in [-0.25, -0.2) is 9.59 Å². The molecular weight excluding hydrogens is 374 g/mol. The van der Waals surface area contributed by atoms with Gasteiger partial charge in [-0.15, -0.1) is 0 Å². The van der Waals surface area contributed by atoms with E-state index in [4.69, 9.17) is 14.9 Å². The lowest BCUT2D eigenvalue weighted by Crippen LogP contribution is -2.18. The molecule has 0 aliphatic rings. The summed E-state index contributed by atoms with van der Waals surface area (Å²) in [6.07, 6.45) is 3.00. The quantitative estimate of drug-likeness (QED) is 0.614. The molecular formula is C21H25N3O5. The molecule has 0 atom stereocenters. The summed E-state index contributed by atoms with van der Waals surface area (Å²) in [7, 11) is 5.90. The van der Waals surface area contributed by atoms with E-state index < -0.39 is 11.9 Å². The van der Waals surface area contributed by atoms with Gasteiger partial charge in [0, 0.05) is 48.3 Å². The van der Waals surface area contributed by atoms with Gasteiger partial charge in [0.25, 0.3) is 0 Å². The van der Waals surface area contributed by atoms with Crippen LogP contribution in [-0.4, -0.2) is 64.4 Å². The van der Waals surface area contributed by atoms with Crippen molar-refractivity contribution in [3.63, 3.8) is 0 Å². The Morgan fingerprint density at radius 2 is 1.79 bits per heavy atom. The topological polar surface area (TPSA) is 105 Å². The summed E-state index contributed by atoms with van der Waals surface area (Å²) in [5, 5.41) is 18.1. The van der Waals surface area contributed by atoms with Gasteiger partial charge in [0.15, 0.2) is 0 Å². The van der Waals surface area contributed by atoms with Gasteiger partial charge in [0.05, 0.1) is 23.8 Å². The number of benzene rings is 1. The molecule has 0 unspecified atom stereocenters. The molecule has 0 spiro atoms. The Balaban J connectivity index is 0.000000321. The Labute approximate surface area is 168 Å². The molecule has 29 heavy (non-hydrogen) atoms. The summed E-state index contributed by atoms with van der Waals surface area (Å²) < 4.78 is 7.75. The number of aliphatic carboxylic acids is 2. The highest BCUT2D eigenvalue weighted by Gasteiger charge is 2.13. The van der Waals surface area contributed by atoms with Gasteiger partial charge < -0.3 is 24.4 Å². The molecule has 8 nitrogen and oxygen atoms in total. The number of likely N-dealkylation sites (N-methyl/N-ethyl adjacent to an activating group) is 1. The lowest BCUT2D eigenvalue weighted by atomic mass is 10.1. The third-order valence-electron chi connectivity index (χ3n) is 4.30. The zero-order valence-corrected chi connectivity index (χ0v) is 16.9. The van der Waals surface area contributed by atoms with Crippen molar-refractivity contribution in [2.45, 2.75) is 13.5 Å². The average molecular weight is 399 g/mol. The first-order valence-corrected chi connectivity index (χ1v) is 8.94. The minimum atomic E-state index is -1.26. The van der Waals surface area contributed by atoms with Crippen molar-refractivity contribution in [2.24, 2.45) is 0 Å². The summed E-state index contributed by atoms with van der Waals surface area (Å²) >= 11 is 0. The molecule has 0 aliphatic heterocycles. The number of fused-ring (bicyclic) bond motifs is 3. The molecule has 0 aliphatic carbocycles. The van der Waals surface area contributed by atoms with Gasteiger partial charge in [-0.1, -0.05) is 0 Å². The van der Waals surface area contributed by atoms with E-state index in [-0.39, 0.29) is 0 Å². The van der Waals surface area contributed by atoms with Gasteiger partial charge >= 0.3 is 11.9 Å². The maximum atomic E-state index is 9.55. The molecule has 3 aromatic rings. The van der Waals surface area contributed by atoms with Crippen LogP contribution < -0.4 is 4.74 Å². The molecule has 0 bridgehead atoms. The van der Waals surface area contributed by atoms with Crippen LogP contribution in [0.5, 0.6) is 5.75 Å². The Morgan fingerprint density at radius 3 is 2.34 bits per heavy atom. The van der Waals surface area contributed by atoms with E-state index in [9.17, 15) is 9.59 Å². The molecule has 8 heteroatoms. The van der Waals surface area contributed by atoms with Crippen LogP contribution in [0, 0.1) is 6.92 Å². The molecule has 0 saturated carbocycles. The van der Waals surface area contributed by atoms with Gasteiger partial charge in [0.2, 0.25) is 0 Å². The number of aromatic nitrogens is 2. The first-order valence-electron chi connectivity index (χ1n) is 8.94. The van der Waals surface area contributed by atoms with E-state index in [0.29, 0.717) is 12.2 Å². The number of carbonyl (C=O) groups is 2. The van der Waals surface area contributed by atoms with Crippen LogP contribution in [0.4, 0.5) is 0 Å². The molecule has 1 aromatic carbocycles. The van der Waals surface area contributed by atoms with Crippen molar-refractivity contribution in [3.8, 4) is 5.75 Å². The Morgan fingerprint density at radius 1 is 1.14 bits per heavy atom. The van der Waals surface area contributed by atoms with Crippen LogP contribution in [0.3, 0.4) is 0 Å². The van der Waals surface area contributed by atoms with Crippen LogP contribution in [0.15, 0.2) is 42.6 Å². The van der Waals surface area contributed by atoms with Gasteiger partial charge in [-0.2, -0.15) is 0 Å². The fourth-order valence-electron chi connectivity index (χ4n) is 3.00. The normalized spacial score (nSPS) is 11.1. The SMILES string of the molecule is COc1ccc2c3ccnc(C)c3n(CCN(C)C)c2c1.O=C(O)/C=C/C(=O)O. The second kappa shape index (κ2) is 9.70. The van der Waals surface area contributed by atoms with E-state index >= 15 is 0 Å². The predicted molar refractivity (Wildman–Crippen MR) is 111 cm³/mol. The summed E-state index contributed by atoms with van der Waals surface area (Å²) in [5.41, 5.74) is 3.51. The van der Waals surface area contributed by atoms with Crippen molar-refractivity contribution in [3.05, 3.63) is 48.3 Å². The first-order chi connectivity index (χ1) is 13.7. The number of nitrogens with zero attached hydrogens (tertiary/aromatic N) is 3. The lowest BCUT2D eigenvalue weighted by molar-refractivity contribution is -0.134. The fourth-order valence-corrected chi connectivity index (χ4v) is 3.00. The minimum Gasteiger partial charge on any atom is -0.497 e. The first kappa shape index (κ1) is 21.9. The highest BCUT2D eigenvalue weighted by molar-refractivity contribution is 6.09. The molecule has 0 radical (unpaired) electrons. The molecule has 0 amide bonds. The summed E-state index contributed by atoms with van der Waals surface area (Å²) in [6, 6.07) is 8.38. The van der Waals surface area contributed by atoms with Crippen LogP contribution >= 0.6 is 0 Å². The molecule has 2 heterocycles. The third kappa shape index (κ3) is 5.55. The average Bonchev–Trinajstić information content (AvgIpc) is 2.99. The number of carboxylic acid groups (broad SMARTS) is 2. The molecule has 154 valence electrons. The Hall–Kier alpha value is -3.39. The van der Waals surface area contributed by atoms with Gasteiger partial charge in [-0.3, -0.25) is 4.98 Å². The van der Waals surface area contributed by atoms with Crippen molar-refractivity contribution < 1.29 is 24.5 Å². The Bertz CT molecular complexity index is 1040. The van der Waals surface area contributed by atoms with Crippen LogP contribution in [-0.2, 0) is 16.1 Å². The van der Waals surface area contributed by atoms with E-state index in [1.807, 2.05) is 12.3 Å². The van der Waals surface area contributed by atoms with Gasteiger partial charge in [0.1, 0.15) is 5.75 Å². The van der Waals surface area contributed by atoms with Crippen LogP contribution in [0.25, 0.3) is 21.8 Å². The Kier molecular flexibility index (Phi) is 7.33.